The van der Waals surface area contributed by atoms with E-state index in [4.69, 9.17) is 29.8 Å². The van der Waals surface area contributed by atoms with Crippen molar-refractivity contribution in [3.05, 3.63) is 96.8 Å². The molecule has 270 valence electrons. The number of likely N-dealkylation sites (tertiary alicyclic amines) is 2. The predicted molar refractivity (Wildman–Crippen MR) is 196 cm³/mol. The summed E-state index contributed by atoms with van der Waals surface area (Å²) in [7, 11) is 4.31. The zero-order chi connectivity index (χ0) is 36.5. The Bertz CT molecular complexity index is 1940. The molecule has 0 aliphatic carbocycles. The van der Waals surface area contributed by atoms with Gasteiger partial charge < -0.3 is 30.6 Å². The average Bonchev–Trinajstić information content (AvgIpc) is 3.93. The van der Waals surface area contributed by atoms with Crippen molar-refractivity contribution in [1.29, 1.82) is 0 Å². The molecule has 8 rings (SSSR count). The van der Waals surface area contributed by atoms with Crippen molar-refractivity contribution in [2.24, 2.45) is 0 Å². The monoisotopic (exact) mass is 706 g/mol. The summed E-state index contributed by atoms with van der Waals surface area (Å²) in [5.41, 5.74) is 5.63. The van der Waals surface area contributed by atoms with Crippen molar-refractivity contribution in [2.45, 2.75) is 38.0 Å². The first-order chi connectivity index (χ1) is 25.2. The molecule has 52 heavy (non-hydrogen) atoms. The van der Waals surface area contributed by atoms with Crippen LogP contribution in [0, 0.1) is 0 Å². The molecule has 6 aromatic rings. The molecule has 8 heterocycles. The minimum Gasteiger partial charge on any atom is -0.473 e. The molecule has 0 saturated carbocycles. The standard InChI is InChI=1S/2C17H20N6.C2H2O4/c2*1-22-10-7-14(11-22)20-17-21-15-6-4-9-19-16(15)23(17)12-13-5-2-3-8-18-13;3-1(4)2(5)6/h2*2-6,8-9,14H,7,10-12H2,1H3,(H,20,21);(H,3,4)(H,5,6). The van der Waals surface area contributed by atoms with Crippen LogP contribution in [0.15, 0.2) is 85.5 Å². The van der Waals surface area contributed by atoms with Crippen LogP contribution in [0.1, 0.15) is 24.2 Å². The van der Waals surface area contributed by atoms with Crippen LogP contribution < -0.4 is 10.6 Å². The van der Waals surface area contributed by atoms with Crippen molar-refractivity contribution < 1.29 is 19.8 Å². The molecule has 2 aliphatic heterocycles. The summed E-state index contributed by atoms with van der Waals surface area (Å²) in [6.07, 6.45) is 9.54. The maximum atomic E-state index is 9.10. The molecular formula is C36H42N12O4. The van der Waals surface area contributed by atoms with Gasteiger partial charge in [-0.15, -0.1) is 0 Å². The summed E-state index contributed by atoms with van der Waals surface area (Å²) in [5, 5.41) is 22.0. The lowest BCUT2D eigenvalue weighted by Gasteiger charge is -2.15. The van der Waals surface area contributed by atoms with Gasteiger partial charge in [0.1, 0.15) is 11.0 Å². The Balaban J connectivity index is 0.000000155. The van der Waals surface area contributed by atoms with Gasteiger partial charge in [0.05, 0.1) is 24.5 Å². The van der Waals surface area contributed by atoms with Gasteiger partial charge in [0.25, 0.3) is 0 Å². The number of hydrogen-bond donors (Lipinski definition) is 4. The van der Waals surface area contributed by atoms with Gasteiger partial charge in [-0.25, -0.2) is 29.5 Å². The average molecular weight is 707 g/mol. The van der Waals surface area contributed by atoms with Gasteiger partial charge in [0, 0.05) is 50.0 Å². The minimum atomic E-state index is -1.82. The van der Waals surface area contributed by atoms with E-state index in [0.717, 1.165) is 84.6 Å². The van der Waals surface area contributed by atoms with E-state index in [1.807, 2.05) is 85.5 Å². The van der Waals surface area contributed by atoms with Crippen molar-refractivity contribution in [2.75, 3.05) is 50.9 Å². The lowest BCUT2D eigenvalue weighted by molar-refractivity contribution is -0.159. The van der Waals surface area contributed by atoms with E-state index in [-0.39, 0.29) is 0 Å². The molecule has 16 heteroatoms. The first-order valence-electron chi connectivity index (χ1n) is 17.0. The third kappa shape index (κ3) is 9.21. The lowest BCUT2D eigenvalue weighted by Crippen LogP contribution is -2.25. The fourth-order valence-electron chi connectivity index (χ4n) is 6.21. The van der Waals surface area contributed by atoms with E-state index in [1.54, 1.807) is 0 Å². The molecule has 2 fully saturated rings. The summed E-state index contributed by atoms with van der Waals surface area (Å²) in [5.74, 6) is -1.89. The number of carboxylic acid groups (broad SMARTS) is 2. The summed E-state index contributed by atoms with van der Waals surface area (Å²) in [6.45, 7) is 5.66. The van der Waals surface area contributed by atoms with E-state index in [0.29, 0.717) is 25.2 Å². The molecule has 0 amide bonds. The predicted octanol–water partition coefficient (Wildman–Crippen LogP) is 3.14. The van der Waals surface area contributed by atoms with Gasteiger partial charge in [-0.3, -0.25) is 19.1 Å². The van der Waals surface area contributed by atoms with E-state index in [9.17, 15) is 0 Å². The highest BCUT2D eigenvalue weighted by atomic mass is 16.4. The second kappa shape index (κ2) is 16.8. The third-order valence-electron chi connectivity index (χ3n) is 8.73. The normalized spacial score (nSPS) is 17.3. The molecule has 0 bridgehead atoms. The SMILES string of the molecule is CN1CCC(Nc2nc3cccnc3n2Cc2ccccn2)C1.CN1CCC(Nc2nc3cccnc3n2Cc2ccccn2)C1.O=C(O)C(=O)O. The van der Waals surface area contributed by atoms with E-state index < -0.39 is 11.9 Å². The molecular weight excluding hydrogens is 664 g/mol. The van der Waals surface area contributed by atoms with Crippen molar-refractivity contribution in [3.63, 3.8) is 0 Å². The van der Waals surface area contributed by atoms with Gasteiger partial charge in [0.15, 0.2) is 11.3 Å². The highest BCUT2D eigenvalue weighted by Crippen LogP contribution is 2.23. The molecule has 2 aliphatic rings. The number of hydrogen-bond acceptors (Lipinski definition) is 12. The van der Waals surface area contributed by atoms with Crippen molar-refractivity contribution >= 4 is 46.2 Å². The second-order valence-electron chi connectivity index (χ2n) is 12.8. The summed E-state index contributed by atoms with van der Waals surface area (Å²) < 4.78 is 4.24. The van der Waals surface area contributed by atoms with Gasteiger partial charge in [-0.2, -0.15) is 0 Å². The molecule has 2 saturated heterocycles. The number of pyridine rings is 4. The van der Waals surface area contributed by atoms with Crippen molar-refractivity contribution in [3.8, 4) is 0 Å². The van der Waals surface area contributed by atoms with Crippen LogP contribution in [-0.4, -0.2) is 123 Å². The topological polar surface area (TPSA) is 192 Å². The van der Waals surface area contributed by atoms with E-state index >= 15 is 0 Å². The van der Waals surface area contributed by atoms with Gasteiger partial charge in [-0.05, 0) is 88.6 Å². The number of nitrogens with one attached hydrogen (secondary N) is 2. The number of nitrogens with zero attached hydrogens (tertiary/aromatic N) is 10. The van der Waals surface area contributed by atoms with Crippen LogP contribution in [0.3, 0.4) is 0 Å². The Labute approximate surface area is 300 Å². The zero-order valence-corrected chi connectivity index (χ0v) is 29.1. The first kappa shape index (κ1) is 35.8. The largest absolute Gasteiger partial charge is 0.473 e. The highest BCUT2D eigenvalue weighted by Gasteiger charge is 2.23. The second-order valence-corrected chi connectivity index (χ2v) is 12.8. The summed E-state index contributed by atoms with van der Waals surface area (Å²) in [4.78, 5) is 50.2. The molecule has 6 aromatic heterocycles. The number of carbonyl (C=O) groups is 2. The number of anilines is 2. The summed E-state index contributed by atoms with van der Waals surface area (Å²) in [6, 6.07) is 20.7. The number of rotatable bonds is 8. The number of likely N-dealkylation sites (N-methyl/N-ethyl adjacent to an activating group) is 2. The first-order valence-corrected chi connectivity index (χ1v) is 17.0. The third-order valence-corrected chi connectivity index (χ3v) is 8.73. The van der Waals surface area contributed by atoms with E-state index in [2.05, 4.69) is 63.6 Å². The Morgan fingerprint density at radius 3 is 1.40 bits per heavy atom. The van der Waals surface area contributed by atoms with Crippen LogP contribution in [0.4, 0.5) is 11.9 Å². The van der Waals surface area contributed by atoms with Crippen molar-refractivity contribution in [1.82, 2.24) is 48.8 Å². The Hall–Kier alpha value is -6.00. The van der Waals surface area contributed by atoms with Crippen LogP contribution in [0.2, 0.25) is 0 Å². The maximum Gasteiger partial charge on any atom is 0.414 e. The molecule has 0 aromatic carbocycles. The minimum absolute atomic E-state index is 0.430. The van der Waals surface area contributed by atoms with Crippen LogP contribution in [-0.2, 0) is 22.7 Å². The number of carboxylic acids is 2. The Kier molecular flexibility index (Phi) is 11.6. The number of aliphatic carboxylic acids is 2. The Morgan fingerprint density at radius 1 is 0.635 bits per heavy atom. The molecule has 16 nitrogen and oxygen atoms in total. The quantitative estimate of drug-likeness (QED) is 0.169. The fourth-order valence-corrected chi connectivity index (χ4v) is 6.21. The Morgan fingerprint density at radius 2 is 1.06 bits per heavy atom. The number of imidazole rings is 2. The summed E-state index contributed by atoms with van der Waals surface area (Å²) >= 11 is 0. The fraction of sp³-hybridized carbons (Fsp3) is 0.333. The maximum absolute atomic E-state index is 9.10. The van der Waals surface area contributed by atoms with Crippen LogP contribution >= 0.6 is 0 Å². The molecule has 0 spiro atoms. The lowest BCUT2D eigenvalue weighted by atomic mass is 10.3. The molecule has 2 atom stereocenters. The van der Waals surface area contributed by atoms with Gasteiger partial charge >= 0.3 is 11.9 Å². The van der Waals surface area contributed by atoms with E-state index in [1.165, 1.54) is 0 Å². The van der Waals surface area contributed by atoms with Gasteiger partial charge in [0.2, 0.25) is 11.9 Å². The molecule has 0 radical (unpaired) electrons. The van der Waals surface area contributed by atoms with Crippen LogP contribution in [0.25, 0.3) is 22.3 Å². The number of fused-ring (bicyclic) bond motifs is 2. The molecule has 2 unspecified atom stereocenters. The highest BCUT2D eigenvalue weighted by molar-refractivity contribution is 6.27. The van der Waals surface area contributed by atoms with Gasteiger partial charge in [-0.1, -0.05) is 12.1 Å². The zero-order valence-electron chi connectivity index (χ0n) is 29.1. The molecule has 4 N–H and O–H groups in total. The van der Waals surface area contributed by atoms with Crippen LogP contribution in [0.5, 0.6) is 0 Å². The smallest absolute Gasteiger partial charge is 0.414 e. The number of aromatic nitrogens is 8.